The second kappa shape index (κ2) is 8.13. The molecule has 0 unspecified atom stereocenters. The van der Waals surface area contributed by atoms with Crippen LogP contribution in [0.5, 0.6) is 0 Å². The summed E-state index contributed by atoms with van der Waals surface area (Å²) in [4.78, 5) is 15.0. The molecule has 1 aromatic heterocycles. The molecule has 1 heterocycles. The number of aromatic nitrogens is 1. The van der Waals surface area contributed by atoms with Crippen LogP contribution in [0.25, 0.3) is 0 Å². The van der Waals surface area contributed by atoms with Gasteiger partial charge in [-0.05, 0) is 45.1 Å². The Morgan fingerprint density at radius 3 is 2.33 bits per heavy atom. The molecule has 24 heavy (non-hydrogen) atoms. The Kier molecular flexibility index (Phi) is 6.76. The van der Waals surface area contributed by atoms with Crippen LogP contribution in [0, 0.1) is 0 Å². The molecule has 0 spiro atoms. The zero-order chi connectivity index (χ0) is 18.4. The third-order valence-electron chi connectivity index (χ3n) is 2.41. The summed E-state index contributed by atoms with van der Waals surface area (Å²) in [6.45, 7) is 5.83. The summed E-state index contributed by atoms with van der Waals surface area (Å²) in [6.07, 6.45) is -4.26. The molecule has 134 valence electrons. The molecule has 10 heteroatoms. The predicted octanol–water partition coefficient (Wildman–Crippen LogP) is 2.91. The van der Waals surface area contributed by atoms with Crippen molar-refractivity contribution in [1.82, 2.24) is 15.6 Å². The Bertz CT molecular complexity index is 571. The number of alkyl carbamates (subject to hydrolysis) is 1. The van der Waals surface area contributed by atoms with Gasteiger partial charge in [0.05, 0.1) is 5.56 Å². The van der Waals surface area contributed by atoms with E-state index in [1.165, 1.54) is 6.07 Å². The number of carbonyl (C=O) groups is 1. The van der Waals surface area contributed by atoms with Crippen LogP contribution in [-0.4, -0.2) is 34.9 Å². The standard InChI is InChI=1S/C14H19F3N4O2S/c1-13(2,3)23-12(22)19-7-6-18-11(24)21-10-5-4-9(8-20-10)14(15,16)17/h4-5,8H,6-7H2,1-3H3,(H,19,22)(H2,18,20,21,24). The Morgan fingerprint density at radius 1 is 1.21 bits per heavy atom. The first-order chi connectivity index (χ1) is 11.0. The second-order valence-corrected chi connectivity index (χ2v) is 6.15. The summed E-state index contributed by atoms with van der Waals surface area (Å²) in [5, 5.41) is 8.13. The highest BCUT2D eigenvalue weighted by molar-refractivity contribution is 7.80. The molecule has 0 fully saturated rings. The predicted molar refractivity (Wildman–Crippen MR) is 87.7 cm³/mol. The van der Waals surface area contributed by atoms with E-state index in [1.54, 1.807) is 20.8 Å². The monoisotopic (exact) mass is 364 g/mol. The van der Waals surface area contributed by atoms with Gasteiger partial charge in [-0.2, -0.15) is 13.2 Å². The van der Waals surface area contributed by atoms with Crippen LogP contribution in [-0.2, 0) is 10.9 Å². The Hall–Kier alpha value is -2.10. The lowest BCUT2D eigenvalue weighted by Crippen LogP contribution is -2.39. The first-order valence-electron chi connectivity index (χ1n) is 7.02. The number of pyridine rings is 1. The summed E-state index contributed by atoms with van der Waals surface area (Å²) in [5.74, 6) is 0.181. The summed E-state index contributed by atoms with van der Waals surface area (Å²) in [5.41, 5.74) is -1.42. The van der Waals surface area contributed by atoms with Gasteiger partial charge in [-0.15, -0.1) is 0 Å². The minimum absolute atomic E-state index is 0.174. The summed E-state index contributed by atoms with van der Waals surface area (Å²) in [7, 11) is 0. The van der Waals surface area contributed by atoms with Gasteiger partial charge in [-0.25, -0.2) is 9.78 Å². The zero-order valence-corrected chi connectivity index (χ0v) is 14.3. The van der Waals surface area contributed by atoms with E-state index >= 15 is 0 Å². The molecular formula is C14H19F3N4O2S. The number of hydrogen-bond donors (Lipinski definition) is 3. The number of ether oxygens (including phenoxy) is 1. The number of halogens is 3. The van der Waals surface area contributed by atoms with Crippen LogP contribution in [0.4, 0.5) is 23.8 Å². The van der Waals surface area contributed by atoms with E-state index in [2.05, 4.69) is 20.9 Å². The molecule has 0 aliphatic heterocycles. The molecule has 1 rings (SSSR count). The zero-order valence-electron chi connectivity index (χ0n) is 13.5. The molecule has 3 N–H and O–H groups in total. The van der Waals surface area contributed by atoms with Gasteiger partial charge in [0, 0.05) is 19.3 Å². The van der Waals surface area contributed by atoms with E-state index in [1.807, 2.05) is 0 Å². The smallest absolute Gasteiger partial charge is 0.417 e. The third-order valence-corrected chi connectivity index (χ3v) is 2.66. The molecule has 0 radical (unpaired) electrons. The Morgan fingerprint density at radius 2 is 1.83 bits per heavy atom. The largest absolute Gasteiger partial charge is 0.444 e. The molecule has 0 bridgehead atoms. The lowest BCUT2D eigenvalue weighted by Gasteiger charge is -2.19. The van der Waals surface area contributed by atoms with E-state index in [0.29, 0.717) is 6.54 Å². The average Bonchev–Trinajstić information content (AvgIpc) is 2.41. The SMILES string of the molecule is CC(C)(C)OC(=O)NCCNC(=S)Nc1ccc(C(F)(F)F)cn1. The van der Waals surface area contributed by atoms with Gasteiger partial charge in [-0.3, -0.25) is 0 Å². The number of nitrogens with one attached hydrogen (secondary N) is 3. The average molecular weight is 364 g/mol. The highest BCUT2D eigenvalue weighted by Gasteiger charge is 2.30. The van der Waals surface area contributed by atoms with Gasteiger partial charge < -0.3 is 20.7 Å². The molecule has 0 saturated heterocycles. The van der Waals surface area contributed by atoms with E-state index in [9.17, 15) is 18.0 Å². The first-order valence-corrected chi connectivity index (χ1v) is 7.43. The van der Waals surface area contributed by atoms with Gasteiger partial charge in [-0.1, -0.05) is 0 Å². The van der Waals surface area contributed by atoms with E-state index in [-0.39, 0.29) is 17.5 Å². The number of thiocarbonyl (C=S) groups is 1. The van der Waals surface area contributed by atoms with Crippen LogP contribution in [0.2, 0.25) is 0 Å². The van der Waals surface area contributed by atoms with Crippen LogP contribution in [0.1, 0.15) is 26.3 Å². The number of rotatable bonds is 4. The number of amides is 1. The van der Waals surface area contributed by atoms with Crippen LogP contribution >= 0.6 is 12.2 Å². The number of carbonyl (C=O) groups excluding carboxylic acids is 1. The Labute approximate surface area is 143 Å². The summed E-state index contributed by atoms with van der Waals surface area (Å²) in [6, 6.07) is 2.08. The van der Waals surface area contributed by atoms with Crippen molar-refractivity contribution in [2.24, 2.45) is 0 Å². The fourth-order valence-electron chi connectivity index (χ4n) is 1.45. The molecule has 0 aromatic carbocycles. The number of alkyl halides is 3. The van der Waals surface area contributed by atoms with Crippen LogP contribution in [0.3, 0.4) is 0 Å². The third kappa shape index (κ3) is 7.95. The van der Waals surface area contributed by atoms with E-state index in [4.69, 9.17) is 17.0 Å². The van der Waals surface area contributed by atoms with Gasteiger partial charge in [0.2, 0.25) is 0 Å². The number of hydrogen-bond acceptors (Lipinski definition) is 4. The fraction of sp³-hybridized carbons (Fsp3) is 0.500. The van der Waals surface area contributed by atoms with Gasteiger partial charge in [0.25, 0.3) is 0 Å². The van der Waals surface area contributed by atoms with Gasteiger partial charge in [0.15, 0.2) is 5.11 Å². The summed E-state index contributed by atoms with van der Waals surface area (Å²) < 4.78 is 42.3. The van der Waals surface area contributed by atoms with Crippen molar-refractivity contribution < 1.29 is 22.7 Å². The maximum Gasteiger partial charge on any atom is 0.417 e. The lowest BCUT2D eigenvalue weighted by atomic mass is 10.2. The fourth-order valence-corrected chi connectivity index (χ4v) is 1.66. The molecule has 0 saturated carbocycles. The number of nitrogens with zero attached hydrogens (tertiary/aromatic N) is 1. The van der Waals surface area contributed by atoms with E-state index < -0.39 is 23.4 Å². The van der Waals surface area contributed by atoms with Crippen LogP contribution in [0.15, 0.2) is 18.3 Å². The van der Waals surface area contributed by atoms with Crippen molar-refractivity contribution in [2.75, 3.05) is 18.4 Å². The van der Waals surface area contributed by atoms with Crippen molar-refractivity contribution >= 4 is 29.2 Å². The highest BCUT2D eigenvalue weighted by Crippen LogP contribution is 2.28. The maximum atomic E-state index is 12.4. The van der Waals surface area contributed by atoms with Gasteiger partial charge >= 0.3 is 12.3 Å². The second-order valence-electron chi connectivity index (χ2n) is 5.74. The number of anilines is 1. The van der Waals surface area contributed by atoms with Crippen molar-refractivity contribution in [3.05, 3.63) is 23.9 Å². The maximum absolute atomic E-state index is 12.4. The Balaban J connectivity index is 2.31. The highest BCUT2D eigenvalue weighted by atomic mass is 32.1. The van der Waals surface area contributed by atoms with Crippen molar-refractivity contribution in [3.63, 3.8) is 0 Å². The molecule has 0 aliphatic carbocycles. The topological polar surface area (TPSA) is 75.3 Å². The minimum Gasteiger partial charge on any atom is -0.444 e. The molecular weight excluding hydrogens is 345 g/mol. The van der Waals surface area contributed by atoms with Crippen LogP contribution < -0.4 is 16.0 Å². The van der Waals surface area contributed by atoms with E-state index in [0.717, 1.165) is 12.3 Å². The molecule has 0 atom stereocenters. The van der Waals surface area contributed by atoms with Crippen molar-refractivity contribution in [2.45, 2.75) is 32.5 Å². The summed E-state index contributed by atoms with van der Waals surface area (Å²) >= 11 is 4.98. The lowest BCUT2D eigenvalue weighted by molar-refractivity contribution is -0.137. The first kappa shape index (κ1) is 19.9. The van der Waals surface area contributed by atoms with Crippen molar-refractivity contribution in [3.8, 4) is 0 Å². The molecule has 0 aliphatic rings. The van der Waals surface area contributed by atoms with Gasteiger partial charge in [0.1, 0.15) is 11.4 Å². The molecule has 1 amide bonds. The minimum atomic E-state index is -4.43. The molecule has 6 nitrogen and oxygen atoms in total. The molecule has 1 aromatic rings. The quantitative estimate of drug-likeness (QED) is 0.563. The normalized spacial score (nSPS) is 11.6. The van der Waals surface area contributed by atoms with Crippen molar-refractivity contribution in [1.29, 1.82) is 0 Å².